The van der Waals surface area contributed by atoms with Crippen LogP contribution in [0.4, 0.5) is 20.2 Å². The first-order chi connectivity index (χ1) is 19.7. The summed E-state index contributed by atoms with van der Waals surface area (Å²) in [7, 11) is 0. The summed E-state index contributed by atoms with van der Waals surface area (Å²) in [6, 6.07) is 15.0. The number of H-pyrrole nitrogens is 1. The normalized spacial score (nSPS) is 19.6. The van der Waals surface area contributed by atoms with E-state index < -0.39 is 53.0 Å². The highest BCUT2D eigenvalue weighted by Gasteiger charge is 2.56. The van der Waals surface area contributed by atoms with Crippen molar-refractivity contribution in [3.8, 4) is 5.75 Å². The summed E-state index contributed by atoms with van der Waals surface area (Å²) < 4.78 is 32.7. The molecule has 0 spiro atoms. The fourth-order valence-corrected chi connectivity index (χ4v) is 7.65. The lowest BCUT2D eigenvalue weighted by atomic mass is 9.82. The molecule has 2 aliphatic rings. The Balaban J connectivity index is 1.36. The third-order valence-corrected chi connectivity index (χ3v) is 9.34. The predicted molar refractivity (Wildman–Crippen MR) is 151 cm³/mol. The van der Waals surface area contributed by atoms with Crippen LogP contribution in [-0.2, 0) is 14.4 Å². The van der Waals surface area contributed by atoms with E-state index in [4.69, 9.17) is 16.3 Å². The zero-order chi connectivity index (χ0) is 28.8. The van der Waals surface area contributed by atoms with Gasteiger partial charge in [0.15, 0.2) is 6.61 Å². The largest absolute Gasteiger partial charge is 0.483 e. The second-order valence-corrected chi connectivity index (χ2v) is 11.9. The van der Waals surface area contributed by atoms with Gasteiger partial charge in [-0.15, -0.1) is 0 Å². The van der Waals surface area contributed by atoms with Crippen LogP contribution >= 0.6 is 34.7 Å². The van der Waals surface area contributed by atoms with Crippen molar-refractivity contribution in [1.82, 2.24) is 4.98 Å². The van der Waals surface area contributed by atoms with Gasteiger partial charge in [0, 0.05) is 27.1 Å². The summed E-state index contributed by atoms with van der Waals surface area (Å²) in [5.74, 6) is -4.01. The number of hydrogen-bond acceptors (Lipinski definition) is 7. The summed E-state index contributed by atoms with van der Waals surface area (Å²) >= 11 is 8.37. The number of ether oxygens (including phenoxy) is 1. The molecule has 41 heavy (non-hydrogen) atoms. The lowest BCUT2D eigenvalue weighted by Gasteiger charge is -2.31. The number of aromatic nitrogens is 1. The summed E-state index contributed by atoms with van der Waals surface area (Å²) in [5.41, 5.74) is 1.02. The van der Waals surface area contributed by atoms with Crippen LogP contribution in [0.1, 0.15) is 16.4 Å². The van der Waals surface area contributed by atoms with E-state index >= 15 is 0 Å². The van der Waals surface area contributed by atoms with E-state index in [2.05, 4.69) is 10.3 Å². The Morgan fingerprint density at radius 1 is 0.976 bits per heavy atom. The zero-order valence-corrected chi connectivity index (χ0v) is 23.1. The fourth-order valence-electron chi connectivity index (χ4n) is 4.96. The Bertz CT molecular complexity index is 1740. The van der Waals surface area contributed by atoms with Gasteiger partial charge in [0.25, 0.3) is 5.91 Å². The molecule has 2 N–H and O–H groups in total. The minimum absolute atomic E-state index is 0.228. The monoisotopic (exact) mass is 613 g/mol. The molecule has 2 unspecified atom stereocenters. The van der Waals surface area contributed by atoms with Crippen LogP contribution in [0, 0.1) is 17.6 Å². The highest BCUT2D eigenvalue weighted by molar-refractivity contribution is 8.00. The summed E-state index contributed by atoms with van der Waals surface area (Å²) in [5, 5.41) is 2.49. The molecule has 0 saturated carbocycles. The highest BCUT2D eigenvalue weighted by Crippen LogP contribution is 2.54. The highest BCUT2D eigenvalue weighted by atomic mass is 35.5. The average Bonchev–Trinajstić information content (AvgIpc) is 3.44. The maximum atomic E-state index is 13.9. The van der Waals surface area contributed by atoms with Crippen molar-refractivity contribution in [2.45, 2.75) is 16.2 Å². The van der Waals surface area contributed by atoms with Crippen LogP contribution in [0.2, 0.25) is 5.02 Å². The number of carbonyl (C=O) groups excluding carboxylic acids is 3. The van der Waals surface area contributed by atoms with Gasteiger partial charge >= 0.3 is 4.87 Å². The van der Waals surface area contributed by atoms with Gasteiger partial charge in [0.2, 0.25) is 11.8 Å². The number of thiazole rings is 1. The molecule has 3 heterocycles. The third-order valence-electron chi connectivity index (χ3n) is 6.70. The van der Waals surface area contributed by atoms with Crippen LogP contribution in [0.25, 0.3) is 0 Å². The third kappa shape index (κ3) is 5.14. The van der Waals surface area contributed by atoms with Gasteiger partial charge in [-0.1, -0.05) is 34.7 Å². The average molecular weight is 614 g/mol. The van der Waals surface area contributed by atoms with Crippen molar-refractivity contribution in [2.75, 3.05) is 16.8 Å². The van der Waals surface area contributed by atoms with Crippen LogP contribution in [0.3, 0.4) is 0 Å². The molecule has 1 fully saturated rings. The number of aromatic amines is 1. The number of thioether (sulfide) groups is 1. The quantitative estimate of drug-likeness (QED) is 0.290. The van der Waals surface area contributed by atoms with Crippen molar-refractivity contribution in [3.63, 3.8) is 0 Å². The smallest absolute Gasteiger partial charge is 0.305 e. The first-order valence-electron chi connectivity index (χ1n) is 12.2. The Kier molecular flexibility index (Phi) is 7.14. The fraction of sp³-hybridized carbons (Fsp3) is 0.143. The summed E-state index contributed by atoms with van der Waals surface area (Å²) in [4.78, 5) is 56.4. The lowest BCUT2D eigenvalue weighted by Crippen LogP contribution is -2.32. The molecular formula is C28H18ClF2N3O5S2. The SMILES string of the molecule is O=C(COc1ccc(Cl)cc1[C@H]1c2sc(=O)[nH]c2SC2C(=O)N(c3ccc(F)cc3)C(=O)C21)Nc1ccc(F)cc1. The molecule has 2 aliphatic heterocycles. The Hall–Kier alpha value is -4.00. The minimum Gasteiger partial charge on any atom is -0.483 e. The van der Waals surface area contributed by atoms with E-state index in [0.717, 1.165) is 40.1 Å². The molecule has 208 valence electrons. The van der Waals surface area contributed by atoms with Gasteiger partial charge < -0.3 is 15.0 Å². The molecule has 0 bridgehead atoms. The molecule has 0 radical (unpaired) electrons. The number of benzene rings is 3. The van der Waals surface area contributed by atoms with Gasteiger partial charge in [-0.25, -0.2) is 13.7 Å². The van der Waals surface area contributed by atoms with Crippen molar-refractivity contribution < 1.29 is 27.9 Å². The van der Waals surface area contributed by atoms with Crippen molar-refractivity contribution in [1.29, 1.82) is 0 Å². The zero-order valence-electron chi connectivity index (χ0n) is 20.7. The number of hydrogen-bond donors (Lipinski definition) is 2. The molecule has 3 atom stereocenters. The van der Waals surface area contributed by atoms with E-state index in [1.165, 1.54) is 36.4 Å². The lowest BCUT2D eigenvalue weighted by molar-refractivity contribution is -0.122. The topological polar surface area (TPSA) is 109 Å². The van der Waals surface area contributed by atoms with Crippen LogP contribution in [-0.4, -0.2) is 34.6 Å². The molecule has 6 rings (SSSR count). The van der Waals surface area contributed by atoms with Crippen LogP contribution in [0.5, 0.6) is 5.75 Å². The maximum Gasteiger partial charge on any atom is 0.305 e. The standard InChI is InChI=1S/C28H18ClF2N3O5S2/c29-13-1-10-19(39-12-20(35)32-16-6-2-14(30)3-7-16)18(11-13)21-22-24(40-25-23(21)41-28(38)33-25)27(37)34(26(22)36)17-8-4-15(31)5-9-17/h1-11,21-22,24H,12H2,(H,32,35)(H,33,38)/t21-,22?,24?/m1/s1. The summed E-state index contributed by atoms with van der Waals surface area (Å²) in [6.07, 6.45) is 0. The van der Waals surface area contributed by atoms with Crippen molar-refractivity contribution in [2.24, 2.45) is 5.92 Å². The number of halogens is 3. The second kappa shape index (κ2) is 10.8. The Morgan fingerprint density at radius 3 is 2.37 bits per heavy atom. The number of anilines is 2. The molecule has 3 amide bonds. The minimum atomic E-state index is -0.939. The molecule has 13 heteroatoms. The van der Waals surface area contributed by atoms with E-state index in [-0.39, 0.29) is 16.3 Å². The van der Waals surface area contributed by atoms with Gasteiger partial charge in [-0.3, -0.25) is 19.2 Å². The van der Waals surface area contributed by atoms with Crippen LogP contribution in [0.15, 0.2) is 76.6 Å². The van der Waals surface area contributed by atoms with Gasteiger partial charge in [0.1, 0.15) is 22.6 Å². The van der Waals surface area contributed by atoms with E-state index in [9.17, 15) is 28.0 Å². The molecule has 8 nitrogen and oxygen atoms in total. The van der Waals surface area contributed by atoms with Gasteiger partial charge in [0.05, 0.1) is 16.6 Å². The molecule has 1 saturated heterocycles. The number of nitrogens with zero attached hydrogens (tertiary/aromatic N) is 1. The maximum absolute atomic E-state index is 13.9. The molecule has 3 aromatic carbocycles. The van der Waals surface area contributed by atoms with Crippen molar-refractivity contribution >= 4 is 63.8 Å². The number of imide groups is 1. The molecule has 1 aromatic heterocycles. The first kappa shape index (κ1) is 27.2. The molecule has 4 aromatic rings. The van der Waals surface area contributed by atoms with E-state index in [1.807, 2.05) is 0 Å². The van der Waals surface area contributed by atoms with Gasteiger partial charge in [-0.05, 0) is 66.7 Å². The number of rotatable bonds is 6. The van der Waals surface area contributed by atoms with Gasteiger partial charge in [-0.2, -0.15) is 0 Å². The van der Waals surface area contributed by atoms with E-state index in [1.54, 1.807) is 18.2 Å². The predicted octanol–water partition coefficient (Wildman–Crippen LogP) is 5.18. The Morgan fingerprint density at radius 2 is 1.66 bits per heavy atom. The van der Waals surface area contributed by atoms with Crippen LogP contribution < -0.4 is 19.8 Å². The first-order valence-corrected chi connectivity index (χ1v) is 14.3. The number of nitrogens with one attached hydrogen (secondary N) is 2. The molecule has 0 aliphatic carbocycles. The van der Waals surface area contributed by atoms with Crippen molar-refractivity contribution in [3.05, 3.63) is 103 Å². The van der Waals surface area contributed by atoms with E-state index in [0.29, 0.717) is 26.2 Å². The number of carbonyl (C=O) groups is 3. The summed E-state index contributed by atoms with van der Waals surface area (Å²) in [6.45, 7) is -0.424. The number of amides is 3. The Labute approximate surface area is 244 Å². The second-order valence-electron chi connectivity index (χ2n) is 9.26. The molecular weight excluding hydrogens is 596 g/mol. The number of fused-ring (bicyclic) bond motifs is 2.